The molecule has 0 atom stereocenters. The molecule has 0 aromatic heterocycles. The smallest absolute Gasteiger partial charge is 0.315 e. The Bertz CT molecular complexity index is 323. The van der Waals surface area contributed by atoms with Crippen molar-refractivity contribution in [1.82, 2.24) is 20.0 Å². The van der Waals surface area contributed by atoms with Gasteiger partial charge in [-0.2, -0.15) is 10.5 Å². The van der Waals surface area contributed by atoms with Gasteiger partial charge in [0.1, 0.15) is 10.8 Å². The van der Waals surface area contributed by atoms with E-state index in [4.69, 9.17) is 10.5 Å². The summed E-state index contributed by atoms with van der Waals surface area (Å²) in [5.74, 6) is 0. The van der Waals surface area contributed by atoms with E-state index >= 15 is 0 Å². The maximum atomic E-state index is 7.18. The van der Waals surface area contributed by atoms with Crippen molar-refractivity contribution >= 4 is 25.3 Å². The number of nitriles is 2. The van der Waals surface area contributed by atoms with Gasteiger partial charge in [0.15, 0.2) is 0 Å². The zero-order valence-corrected chi connectivity index (χ0v) is 17.8. The molecule has 1 saturated heterocycles. The molecule has 0 amide bonds. The van der Waals surface area contributed by atoms with Gasteiger partial charge in [0.25, 0.3) is 0 Å². The van der Waals surface area contributed by atoms with Crippen LogP contribution in [-0.2, 0) is 16.5 Å². The summed E-state index contributed by atoms with van der Waals surface area (Å²) in [6, 6.07) is 0. The Morgan fingerprint density at radius 3 is 1.54 bits per heavy atom. The SMILES string of the molecule is CN1CCCN(C)CCN(C)CCCNCC1.N#CS.N#CS.[Ni+2]. The number of hydrogen-bond donors (Lipinski definition) is 3. The van der Waals surface area contributed by atoms with Crippen molar-refractivity contribution in [2.45, 2.75) is 12.8 Å². The molecule has 9 heteroatoms. The van der Waals surface area contributed by atoms with Gasteiger partial charge in [0.05, 0.1) is 0 Å². The average molecular weight is 419 g/mol. The molecule has 0 spiro atoms. The van der Waals surface area contributed by atoms with E-state index < -0.39 is 0 Å². The summed E-state index contributed by atoms with van der Waals surface area (Å²) in [5, 5.41) is 20.8. The van der Waals surface area contributed by atoms with Gasteiger partial charge in [-0.1, -0.05) is 25.3 Å². The Kier molecular flexibility index (Phi) is 27.6. The molecule has 0 aromatic carbocycles. The van der Waals surface area contributed by atoms with Gasteiger partial charge < -0.3 is 20.0 Å². The molecule has 1 rings (SSSR count). The number of thiocyanates is 2. The molecular weight excluding hydrogens is 387 g/mol. The number of nitrogens with one attached hydrogen (secondary N) is 1. The molecule has 0 radical (unpaired) electrons. The van der Waals surface area contributed by atoms with Crippen LogP contribution >= 0.6 is 25.3 Å². The molecule has 0 aromatic rings. The average Bonchev–Trinajstić information content (AvgIpc) is 2.49. The molecule has 1 N–H and O–H groups in total. The molecule has 24 heavy (non-hydrogen) atoms. The third-order valence-electron chi connectivity index (χ3n) is 3.51. The largest absolute Gasteiger partial charge is 2.00 e. The van der Waals surface area contributed by atoms with Crippen molar-refractivity contribution in [2.24, 2.45) is 0 Å². The summed E-state index contributed by atoms with van der Waals surface area (Å²) < 4.78 is 0. The van der Waals surface area contributed by atoms with E-state index in [0.29, 0.717) is 0 Å². The summed E-state index contributed by atoms with van der Waals surface area (Å²) in [4.78, 5) is 7.32. The van der Waals surface area contributed by atoms with Crippen LogP contribution in [0, 0.1) is 21.3 Å². The minimum atomic E-state index is 0. The van der Waals surface area contributed by atoms with E-state index in [1.165, 1.54) is 62.9 Å². The molecule has 0 bridgehead atoms. The molecule has 1 heterocycles. The standard InChI is InChI=1S/C13H30N4.2CHNS.Ni/c1-15-9-5-10-17(3)13-12-16(2)8-4-6-14-7-11-15;2*2-1-3;/h14H,4-13H2,1-3H3;2*3H;/q;;;+2. The van der Waals surface area contributed by atoms with Crippen LogP contribution in [0.1, 0.15) is 12.8 Å². The number of thiol groups is 2. The van der Waals surface area contributed by atoms with Crippen LogP contribution in [0.3, 0.4) is 0 Å². The van der Waals surface area contributed by atoms with Gasteiger partial charge in [-0.15, -0.1) is 0 Å². The van der Waals surface area contributed by atoms with Crippen LogP contribution in [0.2, 0.25) is 0 Å². The number of rotatable bonds is 0. The molecule has 0 saturated carbocycles. The van der Waals surface area contributed by atoms with Gasteiger partial charge in [0.2, 0.25) is 0 Å². The fourth-order valence-electron chi connectivity index (χ4n) is 2.16. The maximum Gasteiger partial charge on any atom is 2.00 e. The Morgan fingerprint density at radius 2 is 1.08 bits per heavy atom. The van der Waals surface area contributed by atoms with Gasteiger partial charge >= 0.3 is 16.5 Å². The maximum absolute atomic E-state index is 7.18. The van der Waals surface area contributed by atoms with E-state index in [1.54, 1.807) is 0 Å². The van der Waals surface area contributed by atoms with Crippen LogP contribution in [0.25, 0.3) is 0 Å². The van der Waals surface area contributed by atoms with E-state index in [-0.39, 0.29) is 16.5 Å². The first-order valence-corrected chi connectivity index (χ1v) is 8.73. The first kappa shape index (κ1) is 28.8. The summed E-state index contributed by atoms with van der Waals surface area (Å²) in [6.07, 6.45) is 2.53. The number of likely N-dealkylation sites (N-methyl/N-ethyl adjacent to an activating group) is 3. The van der Waals surface area contributed by atoms with Gasteiger partial charge in [-0.05, 0) is 60.2 Å². The Morgan fingerprint density at radius 1 is 0.708 bits per heavy atom. The van der Waals surface area contributed by atoms with E-state index in [9.17, 15) is 0 Å². The summed E-state index contributed by atoms with van der Waals surface area (Å²) in [5.41, 5.74) is 0. The van der Waals surface area contributed by atoms with Crippen LogP contribution in [0.4, 0.5) is 0 Å². The first-order chi connectivity index (χ1) is 11.0. The molecule has 1 aliphatic heterocycles. The first-order valence-electron chi connectivity index (χ1n) is 7.84. The van der Waals surface area contributed by atoms with Crippen molar-refractivity contribution in [2.75, 3.05) is 73.5 Å². The second kappa shape index (κ2) is 23.0. The zero-order chi connectivity index (χ0) is 17.9. The topological polar surface area (TPSA) is 69.3 Å². The fraction of sp³-hybridized carbons (Fsp3) is 0.867. The van der Waals surface area contributed by atoms with E-state index in [1.807, 2.05) is 0 Å². The van der Waals surface area contributed by atoms with E-state index in [0.717, 1.165) is 13.1 Å². The van der Waals surface area contributed by atoms with Crippen molar-refractivity contribution in [1.29, 1.82) is 10.5 Å². The van der Waals surface area contributed by atoms with Gasteiger partial charge in [0, 0.05) is 26.2 Å². The normalized spacial score (nSPS) is 18.8. The molecular formula is C15H32N6NiS2+2. The van der Waals surface area contributed by atoms with Crippen LogP contribution in [-0.4, -0.2) is 88.2 Å². The monoisotopic (exact) mass is 418 g/mol. The zero-order valence-electron chi connectivity index (χ0n) is 15.0. The molecule has 0 unspecified atom stereocenters. The predicted molar refractivity (Wildman–Crippen MR) is 104 cm³/mol. The second-order valence-corrected chi connectivity index (χ2v) is 5.97. The molecule has 0 aliphatic carbocycles. The van der Waals surface area contributed by atoms with Crippen LogP contribution < -0.4 is 5.32 Å². The third kappa shape index (κ3) is 24.3. The van der Waals surface area contributed by atoms with Gasteiger partial charge in [-0.3, -0.25) is 0 Å². The number of hydrogen-bond acceptors (Lipinski definition) is 8. The molecule has 1 fully saturated rings. The minimum Gasteiger partial charge on any atom is -0.315 e. The second-order valence-electron chi connectivity index (χ2n) is 5.57. The Balaban J connectivity index is -0.000000550. The fourth-order valence-corrected chi connectivity index (χ4v) is 2.16. The summed E-state index contributed by atoms with van der Waals surface area (Å²) in [7, 11) is 6.69. The van der Waals surface area contributed by atoms with Crippen molar-refractivity contribution in [3.63, 3.8) is 0 Å². The number of nitrogens with zero attached hydrogens (tertiary/aromatic N) is 5. The summed E-state index contributed by atoms with van der Waals surface area (Å²) in [6.45, 7) is 9.44. The molecule has 6 nitrogen and oxygen atoms in total. The van der Waals surface area contributed by atoms with Crippen molar-refractivity contribution in [3.05, 3.63) is 0 Å². The molecule has 142 valence electrons. The molecule has 1 aliphatic rings. The third-order valence-corrected chi connectivity index (χ3v) is 3.51. The summed E-state index contributed by atoms with van der Waals surface area (Å²) >= 11 is 6.19. The van der Waals surface area contributed by atoms with Crippen molar-refractivity contribution < 1.29 is 16.5 Å². The quantitative estimate of drug-likeness (QED) is 0.309. The van der Waals surface area contributed by atoms with E-state index in [2.05, 4.69) is 66.4 Å². The van der Waals surface area contributed by atoms with Crippen LogP contribution in [0.15, 0.2) is 0 Å². The Labute approximate surface area is 169 Å². The Hall–Kier alpha value is 0.0135. The van der Waals surface area contributed by atoms with Gasteiger partial charge in [-0.25, -0.2) is 0 Å². The van der Waals surface area contributed by atoms with Crippen molar-refractivity contribution in [3.8, 4) is 10.8 Å². The minimum absolute atomic E-state index is 0. The van der Waals surface area contributed by atoms with Crippen LogP contribution in [0.5, 0.6) is 0 Å². The predicted octanol–water partition coefficient (Wildman–Crippen LogP) is 0.957.